The van der Waals surface area contributed by atoms with E-state index in [0.717, 1.165) is 5.71 Å². The van der Waals surface area contributed by atoms with Crippen LogP contribution in [-0.4, -0.2) is 27.4 Å². The number of nitrogens with zero attached hydrogens (tertiary/aromatic N) is 2. The maximum atomic E-state index is 13.8. The summed E-state index contributed by atoms with van der Waals surface area (Å²) in [7, 11) is 0. The quantitative estimate of drug-likeness (QED) is 0.675. The van der Waals surface area contributed by atoms with Gasteiger partial charge >= 0.3 is 0 Å². The van der Waals surface area contributed by atoms with Crippen LogP contribution in [0.1, 0.15) is 33.6 Å². The van der Waals surface area contributed by atoms with Crippen molar-refractivity contribution in [3.8, 4) is 0 Å². The normalized spacial score (nSPS) is 13.0. The number of aromatic nitrogens is 2. The van der Waals surface area contributed by atoms with Crippen LogP contribution in [0.2, 0.25) is 0 Å². The minimum Gasteiger partial charge on any atom is -0.324 e. The monoisotopic (exact) mass is 362 g/mol. The fourth-order valence-corrected chi connectivity index (χ4v) is 2.93. The van der Waals surface area contributed by atoms with Gasteiger partial charge in [0.2, 0.25) is 5.95 Å². The number of ketones is 1. The summed E-state index contributed by atoms with van der Waals surface area (Å²) in [6.07, 6.45) is 4.48. The number of aromatic amines is 1. The number of allylic oxidation sites excluding steroid dienone is 1. The first-order valence-electron chi connectivity index (χ1n) is 8.40. The summed E-state index contributed by atoms with van der Waals surface area (Å²) in [6, 6.07) is 10.9. The highest BCUT2D eigenvalue weighted by molar-refractivity contribution is 6.15. The van der Waals surface area contributed by atoms with Gasteiger partial charge in [-0.05, 0) is 24.3 Å². The molecule has 0 unspecified atom stereocenters. The van der Waals surface area contributed by atoms with Gasteiger partial charge in [0, 0.05) is 30.3 Å². The number of H-pyrrole nitrogens is 1. The first-order valence-corrected chi connectivity index (χ1v) is 8.40. The maximum absolute atomic E-state index is 13.8. The Morgan fingerprint density at radius 2 is 1.93 bits per heavy atom. The number of benzene rings is 2. The molecule has 1 aromatic heterocycles. The first kappa shape index (κ1) is 16.8. The molecule has 0 radical (unpaired) electrons. The Kier molecular flexibility index (Phi) is 4.33. The van der Waals surface area contributed by atoms with Crippen molar-refractivity contribution in [2.75, 3.05) is 5.32 Å². The lowest BCUT2D eigenvalue weighted by Crippen LogP contribution is -2.14. The third-order valence-corrected chi connectivity index (χ3v) is 4.24. The number of rotatable bonds is 5. The van der Waals surface area contributed by atoms with E-state index >= 15 is 0 Å². The van der Waals surface area contributed by atoms with Crippen molar-refractivity contribution >= 4 is 34.4 Å². The van der Waals surface area contributed by atoms with Crippen LogP contribution in [0, 0.1) is 5.82 Å². The number of halogens is 1. The molecule has 2 aromatic carbocycles. The van der Waals surface area contributed by atoms with Gasteiger partial charge in [0.05, 0.1) is 11.1 Å². The van der Waals surface area contributed by atoms with Crippen LogP contribution in [-0.2, 0) is 0 Å². The molecule has 3 aromatic rings. The van der Waals surface area contributed by atoms with Gasteiger partial charge < -0.3 is 4.98 Å². The zero-order chi connectivity index (χ0) is 18.8. The van der Waals surface area contributed by atoms with Crippen molar-refractivity contribution in [2.24, 2.45) is 4.99 Å². The Labute approximate surface area is 153 Å². The third-order valence-electron chi connectivity index (χ3n) is 4.24. The zero-order valence-electron chi connectivity index (χ0n) is 14.2. The smallest absolute Gasteiger partial charge is 0.260 e. The molecule has 134 valence electrons. The van der Waals surface area contributed by atoms with Crippen molar-refractivity contribution in [1.29, 1.82) is 0 Å². The molecule has 0 fully saturated rings. The fourth-order valence-electron chi connectivity index (χ4n) is 2.93. The summed E-state index contributed by atoms with van der Waals surface area (Å²) in [4.78, 5) is 36.3. The standard InChI is InChI=1S/C20H15FN4O2/c21-15-8-2-1-6-13(15)19(27)25-20-23-16-9-3-7-14(18(16)24-20)17(26)11-12-5-4-10-22-12/h1-4,6-10H,5,11H2,(H2,23,24,25,27). The van der Waals surface area contributed by atoms with Gasteiger partial charge in [-0.25, -0.2) is 9.37 Å². The number of imidazole rings is 1. The average Bonchev–Trinajstić information content (AvgIpc) is 3.30. The minimum atomic E-state index is -0.619. The minimum absolute atomic E-state index is 0.0824. The second kappa shape index (κ2) is 6.95. The molecule has 1 aliphatic rings. The number of para-hydroxylation sites is 1. The van der Waals surface area contributed by atoms with E-state index in [9.17, 15) is 14.0 Å². The number of nitrogens with one attached hydrogen (secondary N) is 2. The highest BCUT2D eigenvalue weighted by atomic mass is 19.1. The fraction of sp³-hybridized carbons (Fsp3) is 0.100. The summed E-state index contributed by atoms with van der Waals surface area (Å²) in [5.74, 6) is -1.18. The van der Waals surface area contributed by atoms with E-state index < -0.39 is 11.7 Å². The number of carbonyl (C=O) groups is 2. The number of hydrogen-bond acceptors (Lipinski definition) is 4. The molecule has 27 heavy (non-hydrogen) atoms. The number of amides is 1. The lowest BCUT2D eigenvalue weighted by molar-refractivity contribution is 0.0998. The predicted octanol–water partition coefficient (Wildman–Crippen LogP) is 3.89. The van der Waals surface area contributed by atoms with Crippen LogP contribution in [0.4, 0.5) is 10.3 Å². The molecular weight excluding hydrogens is 347 g/mol. The number of aliphatic imine (C=N–C) groups is 1. The second-order valence-corrected chi connectivity index (χ2v) is 6.11. The van der Waals surface area contributed by atoms with Gasteiger partial charge in [0.15, 0.2) is 5.78 Å². The summed E-state index contributed by atoms with van der Waals surface area (Å²) >= 11 is 0. The lowest BCUT2D eigenvalue weighted by atomic mass is 10.0. The van der Waals surface area contributed by atoms with Gasteiger partial charge in [-0.2, -0.15) is 0 Å². The van der Waals surface area contributed by atoms with Crippen molar-refractivity contribution in [3.05, 3.63) is 71.7 Å². The largest absolute Gasteiger partial charge is 0.324 e. The van der Waals surface area contributed by atoms with E-state index in [2.05, 4.69) is 20.3 Å². The number of carbonyl (C=O) groups excluding carboxylic acids is 2. The van der Waals surface area contributed by atoms with E-state index in [1.807, 2.05) is 6.08 Å². The van der Waals surface area contributed by atoms with E-state index in [1.54, 1.807) is 30.5 Å². The van der Waals surface area contributed by atoms with E-state index in [-0.39, 0.29) is 23.7 Å². The Morgan fingerprint density at radius 3 is 2.70 bits per heavy atom. The molecule has 4 rings (SSSR count). The van der Waals surface area contributed by atoms with Gasteiger partial charge in [0.25, 0.3) is 5.91 Å². The molecule has 7 heteroatoms. The van der Waals surface area contributed by atoms with Gasteiger partial charge in [-0.15, -0.1) is 0 Å². The number of fused-ring (bicyclic) bond motifs is 1. The Bertz CT molecular complexity index is 1110. The van der Waals surface area contributed by atoms with Gasteiger partial charge in [-0.1, -0.05) is 24.3 Å². The van der Waals surface area contributed by atoms with Crippen LogP contribution in [0.15, 0.2) is 59.7 Å². The third kappa shape index (κ3) is 3.39. The van der Waals surface area contributed by atoms with Gasteiger partial charge in [-0.3, -0.25) is 19.9 Å². The van der Waals surface area contributed by atoms with E-state index in [1.165, 1.54) is 18.2 Å². The number of anilines is 1. The Hall–Kier alpha value is -3.61. The average molecular weight is 362 g/mol. The first-order chi connectivity index (χ1) is 13.1. The molecule has 6 nitrogen and oxygen atoms in total. The van der Waals surface area contributed by atoms with E-state index in [0.29, 0.717) is 23.0 Å². The molecular formula is C20H15FN4O2. The lowest BCUT2D eigenvalue weighted by Gasteiger charge is -2.02. The molecule has 0 bridgehead atoms. The molecule has 0 atom stereocenters. The van der Waals surface area contributed by atoms with Gasteiger partial charge in [0.1, 0.15) is 11.3 Å². The van der Waals surface area contributed by atoms with Crippen molar-refractivity contribution in [3.63, 3.8) is 0 Å². The van der Waals surface area contributed by atoms with Crippen LogP contribution in [0.3, 0.4) is 0 Å². The molecule has 0 spiro atoms. The van der Waals surface area contributed by atoms with Crippen LogP contribution in [0.25, 0.3) is 11.0 Å². The van der Waals surface area contributed by atoms with Crippen LogP contribution >= 0.6 is 0 Å². The van der Waals surface area contributed by atoms with E-state index in [4.69, 9.17) is 0 Å². The Morgan fingerprint density at radius 1 is 1.11 bits per heavy atom. The highest BCUT2D eigenvalue weighted by Crippen LogP contribution is 2.21. The molecule has 1 amide bonds. The number of hydrogen-bond donors (Lipinski definition) is 2. The SMILES string of the molecule is O=C(Nc1nc2c(C(=O)CC3=NC=CC3)cccc2[nH]1)c1ccccc1F. The maximum Gasteiger partial charge on any atom is 0.260 e. The summed E-state index contributed by atoms with van der Waals surface area (Å²) in [5, 5.41) is 2.54. The van der Waals surface area contributed by atoms with Crippen LogP contribution in [0.5, 0.6) is 0 Å². The zero-order valence-corrected chi connectivity index (χ0v) is 14.2. The molecule has 2 heterocycles. The topological polar surface area (TPSA) is 87.2 Å². The molecule has 0 aliphatic carbocycles. The second-order valence-electron chi connectivity index (χ2n) is 6.11. The summed E-state index contributed by atoms with van der Waals surface area (Å²) < 4.78 is 13.8. The van der Waals surface area contributed by atoms with Crippen molar-refractivity contribution < 1.29 is 14.0 Å². The molecule has 0 saturated carbocycles. The number of Topliss-reactive ketones (excluding diaryl/α,β-unsaturated/α-hetero) is 1. The van der Waals surface area contributed by atoms with Crippen LogP contribution < -0.4 is 5.32 Å². The van der Waals surface area contributed by atoms with Crippen molar-refractivity contribution in [2.45, 2.75) is 12.8 Å². The van der Waals surface area contributed by atoms with Crippen molar-refractivity contribution in [1.82, 2.24) is 9.97 Å². The summed E-state index contributed by atoms with van der Waals surface area (Å²) in [6.45, 7) is 0. The molecule has 1 aliphatic heterocycles. The predicted molar refractivity (Wildman–Crippen MR) is 101 cm³/mol. The Balaban J connectivity index is 1.60. The molecule has 0 saturated heterocycles. The molecule has 2 N–H and O–H groups in total. The summed E-state index contributed by atoms with van der Waals surface area (Å²) in [5.41, 5.74) is 2.24. The highest BCUT2D eigenvalue weighted by Gasteiger charge is 2.18.